The second-order valence-corrected chi connectivity index (χ2v) is 11.6. The zero-order valence-corrected chi connectivity index (χ0v) is 24.4. The van der Waals surface area contributed by atoms with Crippen LogP contribution in [0.25, 0.3) is 0 Å². The van der Waals surface area contributed by atoms with Crippen molar-refractivity contribution in [3.63, 3.8) is 0 Å². The maximum absolute atomic E-state index is 14.8. The zero-order chi connectivity index (χ0) is 28.6. The van der Waals surface area contributed by atoms with Crippen molar-refractivity contribution in [1.29, 1.82) is 0 Å². The largest absolute Gasteiger partial charge is 0.323 e. The molecule has 41 heavy (non-hydrogen) atoms. The molecule has 5 nitrogen and oxygen atoms in total. The summed E-state index contributed by atoms with van der Waals surface area (Å²) in [5.74, 6) is -2.00. The summed E-state index contributed by atoms with van der Waals surface area (Å²) in [4.78, 5) is 46.0. The number of Topliss-reactive ketones (excluding diaryl/α,β-unsaturated/α-hetero) is 1. The minimum Gasteiger partial charge on any atom is -0.323 e. The summed E-state index contributed by atoms with van der Waals surface area (Å²) in [6.45, 7) is 2.12. The third-order valence-electron chi connectivity index (χ3n) is 8.57. The fraction of sp³-hybridized carbons (Fsp3) is 0.229. The van der Waals surface area contributed by atoms with E-state index in [0.717, 1.165) is 18.4 Å². The number of unbranched alkanes of at least 4 members (excludes halogenated alkanes) is 1. The molecule has 1 saturated heterocycles. The fourth-order valence-corrected chi connectivity index (χ4v) is 7.34. The topological polar surface area (TPSA) is 66.5 Å². The second-order valence-electron chi connectivity index (χ2n) is 10.8. The summed E-state index contributed by atoms with van der Waals surface area (Å²) in [6, 6.07) is 33.5. The number of para-hydroxylation sites is 1. The van der Waals surface area contributed by atoms with E-state index in [2.05, 4.69) is 28.2 Å². The third kappa shape index (κ3) is 4.32. The number of carbonyl (C=O) groups excluding carboxylic acids is 3. The molecule has 0 radical (unpaired) electrons. The van der Waals surface area contributed by atoms with Crippen molar-refractivity contribution in [3.05, 3.63) is 136 Å². The van der Waals surface area contributed by atoms with Gasteiger partial charge in [0.15, 0.2) is 11.3 Å². The van der Waals surface area contributed by atoms with Crippen molar-refractivity contribution in [2.24, 2.45) is 5.92 Å². The summed E-state index contributed by atoms with van der Waals surface area (Å²) >= 11 is 3.59. The molecule has 1 fully saturated rings. The summed E-state index contributed by atoms with van der Waals surface area (Å²) in [6.07, 6.45) is 2.42. The number of likely N-dealkylation sites (tertiary alicyclic amines) is 1. The molecule has 6 heteroatoms. The summed E-state index contributed by atoms with van der Waals surface area (Å²) < 4.78 is 0.648. The molecule has 2 heterocycles. The smallest absolute Gasteiger partial charge is 0.256 e. The highest BCUT2D eigenvalue weighted by atomic mass is 79.9. The van der Waals surface area contributed by atoms with Crippen LogP contribution in [0.15, 0.2) is 114 Å². The molecule has 0 saturated carbocycles. The first-order valence-corrected chi connectivity index (χ1v) is 14.9. The number of amides is 2. The van der Waals surface area contributed by atoms with Crippen LogP contribution in [0.4, 0.5) is 5.69 Å². The van der Waals surface area contributed by atoms with Gasteiger partial charge in [0.1, 0.15) is 0 Å². The van der Waals surface area contributed by atoms with Crippen LogP contribution >= 0.6 is 15.9 Å². The van der Waals surface area contributed by atoms with Crippen LogP contribution in [0.3, 0.4) is 0 Å². The number of nitrogens with one attached hydrogen (secondary N) is 1. The quantitative estimate of drug-likeness (QED) is 0.220. The van der Waals surface area contributed by atoms with Crippen LogP contribution in [-0.2, 0) is 10.3 Å². The van der Waals surface area contributed by atoms with Crippen LogP contribution in [0.1, 0.15) is 63.9 Å². The van der Waals surface area contributed by atoms with Crippen molar-refractivity contribution in [3.8, 4) is 0 Å². The Morgan fingerprint density at radius 1 is 0.854 bits per heavy atom. The molecule has 1 spiro atoms. The second kappa shape index (κ2) is 11.1. The Labute approximate surface area is 248 Å². The molecule has 6 rings (SSSR count). The average Bonchev–Trinajstić information content (AvgIpc) is 3.48. The molecule has 4 unspecified atom stereocenters. The Kier molecular flexibility index (Phi) is 7.35. The van der Waals surface area contributed by atoms with Gasteiger partial charge in [-0.25, -0.2) is 0 Å². The highest BCUT2D eigenvalue weighted by Crippen LogP contribution is 2.60. The van der Waals surface area contributed by atoms with Crippen molar-refractivity contribution in [1.82, 2.24) is 4.90 Å². The number of nitrogens with zero attached hydrogens (tertiary/aromatic N) is 1. The van der Waals surface area contributed by atoms with Crippen molar-refractivity contribution < 1.29 is 14.4 Å². The number of ketones is 1. The van der Waals surface area contributed by atoms with Gasteiger partial charge in [-0.15, -0.1) is 0 Å². The van der Waals surface area contributed by atoms with E-state index in [1.165, 1.54) is 0 Å². The number of hydrogen-bond acceptors (Lipinski definition) is 3. The SMILES string of the molecule is CCCCC1C(c2ccccc2)C(C(=O)c2ccccc2)C2(C(=O)Nc3ccccc32)N1C(=O)c1ccccc1Br. The number of carbonyl (C=O) groups is 3. The zero-order valence-electron chi connectivity index (χ0n) is 22.8. The standard InChI is InChI=1S/C35H31BrN2O3/c1-2-3-22-29-30(23-14-6-4-7-15-23)31(32(39)24-16-8-5-9-17-24)35(26-19-11-13-21-28(26)37-34(35)41)38(29)33(40)25-18-10-12-20-27(25)36/h4-21,29-31H,2-3,22H2,1H3,(H,37,41). The molecule has 1 N–H and O–H groups in total. The van der Waals surface area contributed by atoms with Gasteiger partial charge in [0.25, 0.3) is 11.8 Å². The molecule has 2 aliphatic rings. The first-order chi connectivity index (χ1) is 20.0. The normalized spacial score (nSPS) is 22.9. The molecular formula is C35H31BrN2O3. The molecule has 2 aliphatic heterocycles. The molecule has 4 aromatic rings. The van der Waals surface area contributed by atoms with Crippen LogP contribution in [0, 0.1) is 5.92 Å². The van der Waals surface area contributed by atoms with E-state index in [-0.39, 0.29) is 17.6 Å². The molecule has 0 aliphatic carbocycles. The van der Waals surface area contributed by atoms with Gasteiger partial charge < -0.3 is 10.2 Å². The lowest BCUT2D eigenvalue weighted by atomic mass is 9.69. The number of hydrogen-bond donors (Lipinski definition) is 1. The molecule has 4 aromatic carbocycles. The van der Waals surface area contributed by atoms with E-state index in [4.69, 9.17) is 0 Å². The van der Waals surface area contributed by atoms with Crippen molar-refractivity contribution >= 4 is 39.2 Å². The molecule has 4 atom stereocenters. The number of rotatable bonds is 7. The predicted octanol–water partition coefficient (Wildman–Crippen LogP) is 7.59. The van der Waals surface area contributed by atoms with E-state index in [1.54, 1.807) is 23.1 Å². The fourth-order valence-electron chi connectivity index (χ4n) is 6.89. The predicted molar refractivity (Wildman–Crippen MR) is 164 cm³/mol. The maximum atomic E-state index is 14.8. The Balaban J connectivity index is 1.69. The Bertz CT molecular complexity index is 1610. The number of anilines is 1. The highest BCUT2D eigenvalue weighted by molar-refractivity contribution is 9.10. The van der Waals surface area contributed by atoms with Gasteiger partial charge in [0.2, 0.25) is 0 Å². The maximum Gasteiger partial charge on any atom is 0.256 e. The summed E-state index contributed by atoms with van der Waals surface area (Å²) in [5, 5.41) is 3.07. The summed E-state index contributed by atoms with van der Waals surface area (Å²) in [7, 11) is 0. The lowest BCUT2D eigenvalue weighted by Gasteiger charge is -2.39. The van der Waals surface area contributed by atoms with Crippen LogP contribution < -0.4 is 5.32 Å². The lowest BCUT2D eigenvalue weighted by molar-refractivity contribution is -0.127. The van der Waals surface area contributed by atoms with Gasteiger partial charge in [-0.2, -0.15) is 0 Å². The summed E-state index contributed by atoms with van der Waals surface area (Å²) in [5.41, 5.74) is 1.71. The first-order valence-electron chi connectivity index (χ1n) is 14.1. The van der Waals surface area contributed by atoms with Crippen molar-refractivity contribution in [2.75, 3.05) is 5.32 Å². The van der Waals surface area contributed by atoms with Gasteiger partial charge in [-0.1, -0.05) is 111 Å². The molecular weight excluding hydrogens is 576 g/mol. The minimum atomic E-state index is -1.53. The minimum absolute atomic E-state index is 0.143. The van der Waals surface area contributed by atoms with Crippen LogP contribution in [-0.4, -0.2) is 28.5 Å². The molecule has 0 bridgehead atoms. The Morgan fingerprint density at radius 2 is 1.49 bits per heavy atom. The van der Waals surface area contributed by atoms with Gasteiger partial charge in [-0.05, 0) is 46.1 Å². The van der Waals surface area contributed by atoms with Gasteiger partial charge in [0, 0.05) is 33.2 Å². The van der Waals surface area contributed by atoms with Gasteiger partial charge in [-0.3, -0.25) is 14.4 Å². The highest BCUT2D eigenvalue weighted by Gasteiger charge is 2.69. The van der Waals surface area contributed by atoms with Gasteiger partial charge in [0.05, 0.1) is 11.5 Å². The van der Waals surface area contributed by atoms with E-state index in [9.17, 15) is 14.4 Å². The van der Waals surface area contributed by atoms with Gasteiger partial charge >= 0.3 is 0 Å². The lowest BCUT2D eigenvalue weighted by Crippen LogP contribution is -2.56. The van der Waals surface area contributed by atoms with E-state index in [1.807, 2.05) is 91.0 Å². The van der Waals surface area contributed by atoms with Crippen LogP contribution in [0.2, 0.25) is 0 Å². The molecule has 0 aromatic heterocycles. The monoisotopic (exact) mass is 606 g/mol. The van der Waals surface area contributed by atoms with E-state index >= 15 is 0 Å². The molecule has 2 amide bonds. The van der Waals surface area contributed by atoms with E-state index < -0.39 is 23.4 Å². The third-order valence-corrected chi connectivity index (χ3v) is 9.26. The van der Waals surface area contributed by atoms with E-state index in [0.29, 0.717) is 33.3 Å². The van der Waals surface area contributed by atoms with Crippen LogP contribution in [0.5, 0.6) is 0 Å². The number of benzene rings is 4. The molecule has 206 valence electrons. The Hall–Kier alpha value is -4.03. The Morgan fingerprint density at radius 3 is 2.20 bits per heavy atom. The number of halogens is 1. The first kappa shape index (κ1) is 27.2. The number of fused-ring (bicyclic) bond motifs is 2. The average molecular weight is 608 g/mol. The van der Waals surface area contributed by atoms with Crippen molar-refractivity contribution in [2.45, 2.75) is 43.7 Å².